The van der Waals surface area contributed by atoms with Crippen molar-refractivity contribution in [3.63, 3.8) is 0 Å². The van der Waals surface area contributed by atoms with Crippen molar-refractivity contribution < 1.29 is 0 Å². The lowest BCUT2D eigenvalue weighted by Crippen LogP contribution is -2.17. The van der Waals surface area contributed by atoms with Gasteiger partial charge < -0.3 is 14.8 Å². The van der Waals surface area contributed by atoms with Crippen molar-refractivity contribution >= 4 is 17.3 Å². The first kappa shape index (κ1) is 14.0. The van der Waals surface area contributed by atoms with Crippen molar-refractivity contribution in [2.45, 2.75) is 39.7 Å². The van der Waals surface area contributed by atoms with Crippen LogP contribution in [0.3, 0.4) is 0 Å². The number of nitrogens with zero attached hydrogens (tertiary/aromatic N) is 3. The Morgan fingerprint density at radius 2 is 1.86 bits per heavy atom. The maximum absolute atomic E-state index is 4.57. The predicted octanol–water partition coefficient (Wildman–Crippen LogP) is 3.95. The minimum atomic E-state index is 0.934. The largest absolute Gasteiger partial charge is 0.372 e. The first-order chi connectivity index (χ1) is 10.3. The highest BCUT2D eigenvalue weighted by Gasteiger charge is 2.12. The van der Waals surface area contributed by atoms with Crippen LogP contribution >= 0.6 is 0 Å². The molecule has 0 radical (unpaired) electrons. The number of aryl methyl sites for hydroxylation is 2. The molecule has 1 saturated heterocycles. The number of aromatic nitrogens is 2. The second-order valence-electron chi connectivity index (χ2n) is 5.77. The standard InChI is InChI=1S/C17H24N4/c1-3-10-21-13-14(2)18-17(21)19-15-6-8-16(9-7-15)20-11-4-5-12-20/h6-9,13H,3-5,10-12H2,1-2H3,(H,18,19). The molecule has 21 heavy (non-hydrogen) atoms. The number of benzene rings is 1. The number of nitrogens with one attached hydrogen (secondary N) is 1. The monoisotopic (exact) mass is 284 g/mol. The van der Waals surface area contributed by atoms with E-state index in [0.29, 0.717) is 0 Å². The molecule has 4 nitrogen and oxygen atoms in total. The van der Waals surface area contributed by atoms with Crippen molar-refractivity contribution in [3.05, 3.63) is 36.2 Å². The van der Waals surface area contributed by atoms with Crippen LogP contribution in [-0.2, 0) is 6.54 Å². The lowest BCUT2D eigenvalue weighted by atomic mass is 10.2. The van der Waals surface area contributed by atoms with Crippen LogP contribution in [-0.4, -0.2) is 22.6 Å². The maximum Gasteiger partial charge on any atom is 0.207 e. The maximum atomic E-state index is 4.57. The van der Waals surface area contributed by atoms with Gasteiger partial charge in [0.05, 0.1) is 5.69 Å². The summed E-state index contributed by atoms with van der Waals surface area (Å²) in [5.74, 6) is 0.934. The Balaban J connectivity index is 1.72. The molecule has 0 amide bonds. The molecule has 1 aromatic carbocycles. The predicted molar refractivity (Wildman–Crippen MR) is 88.4 cm³/mol. The van der Waals surface area contributed by atoms with E-state index in [0.717, 1.165) is 30.3 Å². The highest BCUT2D eigenvalue weighted by molar-refractivity contribution is 5.60. The second-order valence-corrected chi connectivity index (χ2v) is 5.77. The Morgan fingerprint density at radius 3 is 2.52 bits per heavy atom. The zero-order chi connectivity index (χ0) is 14.7. The third-order valence-corrected chi connectivity index (χ3v) is 3.96. The molecule has 1 fully saturated rings. The van der Waals surface area contributed by atoms with E-state index >= 15 is 0 Å². The van der Waals surface area contributed by atoms with Crippen molar-refractivity contribution in [3.8, 4) is 0 Å². The summed E-state index contributed by atoms with van der Waals surface area (Å²) in [6, 6.07) is 8.70. The average molecular weight is 284 g/mol. The fraction of sp³-hybridized carbons (Fsp3) is 0.471. The van der Waals surface area contributed by atoms with Crippen LogP contribution in [0.4, 0.5) is 17.3 Å². The quantitative estimate of drug-likeness (QED) is 0.902. The molecule has 1 aromatic heterocycles. The van der Waals surface area contributed by atoms with Crippen molar-refractivity contribution in [2.75, 3.05) is 23.3 Å². The third-order valence-electron chi connectivity index (χ3n) is 3.96. The molecule has 1 aliphatic rings. The van der Waals surface area contributed by atoms with E-state index in [1.807, 2.05) is 6.92 Å². The highest BCUT2D eigenvalue weighted by atomic mass is 15.2. The number of anilines is 3. The highest BCUT2D eigenvalue weighted by Crippen LogP contribution is 2.23. The summed E-state index contributed by atoms with van der Waals surface area (Å²) in [6.07, 6.45) is 5.84. The Kier molecular flexibility index (Phi) is 4.13. The van der Waals surface area contributed by atoms with E-state index in [-0.39, 0.29) is 0 Å². The van der Waals surface area contributed by atoms with Gasteiger partial charge in [-0.2, -0.15) is 0 Å². The van der Waals surface area contributed by atoms with Gasteiger partial charge in [-0.05, 0) is 50.5 Å². The molecule has 0 bridgehead atoms. The fourth-order valence-corrected chi connectivity index (χ4v) is 2.92. The molecule has 2 aromatic rings. The zero-order valence-corrected chi connectivity index (χ0v) is 13.0. The Bertz CT molecular complexity index is 579. The second kappa shape index (κ2) is 6.20. The van der Waals surface area contributed by atoms with Crippen LogP contribution in [0.25, 0.3) is 0 Å². The van der Waals surface area contributed by atoms with Crippen LogP contribution in [0.5, 0.6) is 0 Å². The Labute approximate surface area is 126 Å². The van der Waals surface area contributed by atoms with E-state index in [1.165, 1.54) is 31.6 Å². The molecule has 2 heterocycles. The van der Waals surface area contributed by atoms with Gasteiger partial charge in [0.1, 0.15) is 0 Å². The van der Waals surface area contributed by atoms with Gasteiger partial charge in [0.25, 0.3) is 0 Å². The fourth-order valence-electron chi connectivity index (χ4n) is 2.92. The molecular formula is C17H24N4. The SMILES string of the molecule is CCCn1cc(C)nc1Nc1ccc(N2CCCC2)cc1. The molecule has 112 valence electrons. The number of hydrogen-bond acceptors (Lipinski definition) is 3. The summed E-state index contributed by atoms with van der Waals surface area (Å²) in [7, 11) is 0. The molecule has 3 rings (SSSR count). The van der Waals surface area contributed by atoms with Crippen molar-refractivity contribution in [1.82, 2.24) is 9.55 Å². The summed E-state index contributed by atoms with van der Waals surface area (Å²) in [5.41, 5.74) is 3.48. The van der Waals surface area contributed by atoms with Crippen molar-refractivity contribution in [1.29, 1.82) is 0 Å². The van der Waals surface area contributed by atoms with Gasteiger partial charge in [-0.3, -0.25) is 0 Å². The van der Waals surface area contributed by atoms with Gasteiger partial charge in [0.15, 0.2) is 0 Å². The first-order valence-corrected chi connectivity index (χ1v) is 7.92. The zero-order valence-electron chi connectivity index (χ0n) is 13.0. The smallest absolute Gasteiger partial charge is 0.207 e. The van der Waals surface area contributed by atoms with Gasteiger partial charge in [-0.1, -0.05) is 6.92 Å². The summed E-state index contributed by atoms with van der Waals surface area (Å²) in [5, 5.41) is 3.43. The average Bonchev–Trinajstić information content (AvgIpc) is 3.11. The molecule has 0 aliphatic carbocycles. The van der Waals surface area contributed by atoms with Crippen LogP contribution in [0.15, 0.2) is 30.5 Å². The minimum Gasteiger partial charge on any atom is -0.372 e. The third kappa shape index (κ3) is 3.20. The molecule has 1 N–H and O–H groups in total. The summed E-state index contributed by atoms with van der Waals surface area (Å²) in [6.45, 7) is 7.59. The van der Waals surface area contributed by atoms with Crippen LogP contribution in [0.1, 0.15) is 31.9 Å². The first-order valence-electron chi connectivity index (χ1n) is 7.92. The van der Waals surface area contributed by atoms with Crippen LogP contribution in [0, 0.1) is 6.92 Å². The lowest BCUT2D eigenvalue weighted by molar-refractivity contribution is 0.686. The summed E-state index contributed by atoms with van der Waals surface area (Å²) < 4.78 is 2.18. The summed E-state index contributed by atoms with van der Waals surface area (Å²) in [4.78, 5) is 7.02. The molecule has 0 atom stereocenters. The van der Waals surface area contributed by atoms with E-state index in [4.69, 9.17) is 0 Å². The van der Waals surface area contributed by atoms with E-state index in [9.17, 15) is 0 Å². The molecule has 0 spiro atoms. The van der Waals surface area contributed by atoms with E-state index in [1.54, 1.807) is 0 Å². The van der Waals surface area contributed by atoms with Gasteiger partial charge in [-0.25, -0.2) is 4.98 Å². The molecule has 1 aliphatic heterocycles. The Hall–Kier alpha value is -1.97. The van der Waals surface area contributed by atoms with Crippen LogP contribution in [0.2, 0.25) is 0 Å². The van der Waals surface area contributed by atoms with Gasteiger partial charge in [0, 0.05) is 37.2 Å². The minimum absolute atomic E-state index is 0.934. The topological polar surface area (TPSA) is 33.1 Å². The Morgan fingerprint density at radius 1 is 1.14 bits per heavy atom. The molecule has 0 saturated carbocycles. The molecule has 0 unspecified atom stereocenters. The lowest BCUT2D eigenvalue weighted by Gasteiger charge is -2.18. The number of hydrogen-bond donors (Lipinski definition) is 1. The van der Waals surface area contributed by atoms with Crippen molar-refractivity contribution in [2.24, 2.45) is 0 Å². The normalized spacial score (nSPS) is 14.7. The molecule has 4 heteroatoms. The summed E-state index contributed by atoms with van der Waals surface area (Å²) >= 11 is 0. The van der Waals surface area contributed by atoms with Gasteiger partial charge in [0.2, 0.25) is 5.95 Å². The van der Waals surface area contributed by atoms with Gasteiger partial charge in [-0.15, -0.1) is 0 Å². The van der Waals surface area contributed by atoms with Crippen LogP contribution < -0.4 is 10.2 Å². The number of rotatable bonds is 5. The van der Waals surface area contributed by atoms with Gasteiger partial charge >= 0.3 is 0 Å². The molecular weight excluding hydrogens is 260 g/mol. The van der Waals surface area contributed by atoms with E-state index in [2.05, 4.69) is 57.2 Å². The van der Waals surface area contributed by atoms with E-state index < -0.39 is 0 Å². The number of imidazole rings is 1.